The van der Waals surface area contributed by atoms with Gasteiger partial charge in [-0.05, 0) is 23.8 Å². The topological polar surface area (TPSA) is 84.2 Å². The molecular weight excluding hydrogens is 398 g/mol. The van der Waals surface area contributed by atoms with Gasteiger partial charge in [0.25, 0.3) is 0 Å². The van der Waals surface area contributed by atoms with E-state index in [-0.39, 0.29) is 38.3 Å². The van der Waals surface area contributed by atoms with Crippen molar-refractivity contribution in [1.29, 1.82) is 0 Å². The number of aromatic nitrogens is 1. The Kier molecular flexibility index (Phi) is 3.97. The number of rotatable bonds is 3. The van der Waals surface area contributed by atoms with Crippen LogP contribution in [0.4, 0.5) is 0 Å². The maximum atomic E-state index is 13.0. The summed E-state index contributed by atoms with van der Waals surface area (Å²) < 4.78 is 13.2. The summed E-state index contributed by atoms with van der Waals surface area (Å²) in [5, 5.41) is 10.4. The number of hydrogen-bond acceptors (Lipinski definition) is 5. The van der Waals surface area contributed by atoms with Crippen LogP contribution in [-0.4, -0.2) is 63.8 Å². The molecule has 0 bridgehead atoms. The van der Waals surface area contributed by atoms with Gasteiger partial charge >= 0.3 is 0 Å². The highest BCUT2D eigenvalue weighted by molar-refractivity contribution is 5.97. The summed E-state index contributed by atoms with van der Waals surface area (Å²) in [6.07, 6.45) is 0.458. The predicted molar refractivity (Wildman–Crippen MR) is 111 cm³/mol. The second-order valence-corrected chi connectivity index (χ2v) is 8.04. The second-order valence-electron chi connectivity index (χ2n) is 8.04. The molecule has 3 aliphatic rings. The van der Waals surface area contributed by atoms with E-state index in [0.717, 1.165) is 33.6 Å². The molecule has 31 heavy (non-hydrogen) atoms. The number of aliphatic hydroxyl groups excluding tert-OH is 1. The Morgan fingerprint density at radius 3 is 2.74 bits per heavy atom. The summed E-state index contributed by atoms with van der Waals surface area (Å²) in [6, 6.07) is 13.4. The summed E-state index contributed by atoms with van der Waals surface area (Å²) in [6.45, 7) is 0.608. The van der Waals surface area contributed by atoms with Crippen molar-refractivity contribution in [3.63, 3.8) is 0 Å². The molecule has 0 saturated carbocycles. The Morgan fingerprint density at radius 2 is 1.87 bits per heavy atom. The third kappa shape index (κ3) is 2.64. The molecule has 6 rings (SSSR count). The third-order valence-corrected chi connectivity index (χ3v) is 6.41. The van der Waals surface area contributed by atoms with Crippen molar-refractivity contribution in [2.24, 2.45) is 0 Å². The standard InChI is InChI=1S/C23H21N3O5/c27-8-7-24-12-22(28)25-11-19-16(10-18(25)23(24)29)15-3-1-2-4-17(15)26(19)14-5-6-20-21(9-14)31-13-30-20/h1-6,9,18,27H,7-8,10-13H2. The Bertz CT molecular complexity index is 1230. The molecule has 0 aliphatic carbocycles. The van der Waals surface area contributed by atoms with Gasteiger partial charge < -0.3 is 28.9 Å². The molecule has 1 atom stereocenters. The lowest BCUT2D eigenvalue weighted by Gasteiger charge is -2.42. The first kappa shape index (κ1) is 18.3. The Labute approximate surface area is 178 Å². The largest absolute Gasteiger partial charge is 0.454 e. The summed E-state index contributed by atoms with van der Waals surface area (Å²) in [5.41, 5.74) is 4.05. The van der Waals surface area contributed by atoms with Crippen LogP contribution in [0.1, 0.15) is 11.3 Å². The van der Waals surface area contributed by atoms with Gasteiger partial charge in [0.05, 0.1) is 25.2 Å². The number of ether oxygens (including phenoxy) is 2. The zero-order valence-electron chi connectivity index (χ0n) is 16.8. The number of hydrogen-bond donors (Lipinski definition) is 1. The zero-order chi connectivity index (χ0) is 21.1. The van der Waals surface area contributed by atoms with Crippen LogP contribution in [0.15, 0.2) is 42.5 Å². The lowest BCUT2D eigenvalue weighted by molar-refractivity contribution is -0.157. The van der Waals surface area contributed by atoms with Crippen molar-refractivity contribution < 1.29 is 24.2 Å². The molecule has 8 nitrogen and oxygen atoms in total. The normalized spacial score (nSPS) is 19.7. The van der Waals surface area contributed by atoms with Crippen molar-refractivity contribution in [2.75, 3.05) is 26.5 Å². The molecule has 158 valence electrons. The minimum atomic E-state index is -0.531. The monoisotopic (exact) mass is 419 g/mol. The fourth-order valence-electron chi connectivity index (χ4n) is 4.98. The zero-order valence-corrected chi connectivity index (χ0v) is 16.8. The van der Waals surface area contributed by atoms with E-state index in [0.29, 0.717) is 18.7 Å². The van der Waals surface area contributed by atoms with Crippen LogP contribution < -0.4 is 9.47 Å². The van der Waals surface area contributed by atoms with Crippen LogP contribution in [0.2, 0.25) is 0 Å². The predicted octanol–water partition coefficient (Wildman–Crippen LogP) is 1.45. The Morgan fingerprint density at radius 1 is 1.03 bits per heavy atom. The van der Waals surface area contributed by atoms with Gasteiger partial charge in [-0.2, -0.15) is 0 Å². The number of β-amino-alcohol motifs (C(OH)–C–C–N with tert-alkyl or cyclic N) is 1. The van der Waals surface area contributed by atoms with Gasteiger partial charge in [-0.1, -0.05) is 18.2 Å². The van der Waals surface area contributed by atoms with E-state index in [1.54, 1.807) is 4.90 Å². The average molecular weight is 419 g/mol. The molecule has 0 radical (unpaired) electrons. The molecule has 1 aromatic heterocycles. The minimum Gasteiger partial charge on any atom is -0.454 e. The quantitative estimate of drug-likeness (QED) is 0.695. The molecule has 1 unspecified atom stereocenters. The summed E-state index contributed by atoms with van der Waals surface area (Å²) in [5.74, 6) is 1.22. The SMILES string of the molecule is O=C1C2Cc3c(n(-c4ccc5c(c4)OCO5)c4ccccc34)CN2C(=O)CN1CCO. The van der Waals surface area contributed by atoms with Crippen molar-refractivity contribution in [3.05, 3.63) is 53.7 Å². The minimum absolute atomic E-state index is 0.00940. The smallest absolute Gasteiger partial charge is 0.246 e. The molecule has 1 saturated heterocycles. The van der Waals surface area contributed by atoms with Gasteiger partial charge in [0.1, 0.15) is 6.04 Å². The lowest BCUT2D eigenvalue weighted by atomic mass is 9.94. The number of carbonyl (C=O) groups excluding carboxylic acids is 2. The number of nitrogens with zero attached hydrogens (tertiary/aromatic N) is 3. The lowest BCUT2D eigenvalue weighted by Crippen LogP contribution is -2.62. The van der Waals surface area contributed by atoms with Gasteiger partial charge in [0.15, 0.2) is 11.5 Å². The molecule has 2 amide bonds. The summed E-state index contributed by atoms with van der Waals surface area (Å²) in [4.78, 5) is 29.1. The molecule has 1 fully saturated rings. The van der Waals surface area contributed by atoms with Crippen LogP contribution >= 0.6 is 0 Å². The van der Waals surface area contributed by atoms with Crippen molar-refractivity contribution in [2.45, 2.75) is 19.0 Å². The Hall–Kier alpha value is -3.52. The molecule has 1 N–H and O–H groups in total. The number of benzene rings is 2. The van der Waals surface area contributed by atoms with E-state index in [4.69, 9.17) is 9.47 Å². The van der Waals surface area contributed by atoms with E-state index < -0.39 is 6.04 Å². The molecule has 8 heteroatoms. The molecule has 4 heterocycles. The number of fused-ring (bicyclic) bond motifs is 5. The Balaban J connectivity index is 1.50. The number of para-hydroxylation sites is 1. The maximum Gasteiger partial charge on any atom is 0.246 e. The van der Waals surface area contributed by atoms with Gasteiger partial charge in [0.2, 0.25) is 18.6 Å². The highest BCUT2D eigenvalue weighted by Crippen LogP contribution is 2.39. The fourth-order valence-corrected chi connectivity index (χ4v) is 4.98. The molecule has 3 aromatic rings. The fraction of sp³-hybridized carbons (Fsp3) is 0.304. The average Bonchev–Trinajstić information content (AvgIpc) is 3.38. The molecule has 3 aliphatic heterocycles. The summed E-state index contributed by atoms with van der Waals surface area (Å²) >= 11 is 0. The van der Waals surface area contributed by atoms with Crippen molar-refractivity contribution in [3.8, 4) is 17.2 Å². The van der Waals surface area contributed by atoms with Gasteiger partial charge in [-0.25, -0.2) is 0 Å². The first-order valence-electron chi connectivity index (χ1n) is 10.4. The second kappa shape index (κ2) is 6.75. The number of piperazine rings is 1. The molecule has 2 aromatic carbocycles. The van der Waals surface area contributed by atoms with E-state index in [1.165, 1.54) is 4.90 Å². The van der Waals surface area contributed by atoms with Crippen LogP contribution in [0, 0.1) is 0 Å². The van der Waals surface area contributed by atoms with E-state index in [2.05, 4.69) is 16.7 Å². The highest BCUT2D eigenvalue weighted by Gasteiger charge is 2.43. The molecular formula is C23H21N3O5. The maximum absolute atomic E-state index is 13.0. The van der Waals surface area contributed by atoms with Crippen LogP contribution in [0.25, 0.3) is 16.6 Å². The number of aliphatic hydroxyl groups is 1. The van der Waals surface area contributed by atoms with Crippen LogP contribution in [-0.2, 0) is 22.6 Å². The first-order chi connectivity index (χ1) is 15.2. The molecule has 0 spiro atoms. The third-order valence-electron chi connectivity index (χ3n) is 6.41. The first-order valence-corrected chi connectivity index (χ1v) is 10.4. The number of carbonyl (C=O) groups is 2. The van der Waals surface area contributed by atoms with Crippen molar-refractivity contribution >= 4 is 22.7 Å². The van der Waals surface area contributed by atoms with Crippen LogP contribution in [0.5, 0.6) is 11.5 Å². The summed E-state index contributed by atoms with van der Waals surface area (Å²) in [7, 11) is 0. The van der Waals surface area contributed by atoms with Crippen LogP contribution in [0.3, 0.4) is 0 Å². The van der Waals surface area contributed by atoms with Gasteiger partial charge in [0, 0.05) is 35.8 Å². The van der Waals surface area contributed by atoms with E-state index in [1.807, 2.05) is 30.3 Å². The van der Waals surface area contributed by atoms with E-state index in [9.17, 15) is 14.7 Å². The van der Waals surface area contributed by atoms with Gasteiger partial charge in [-0.15, -0.1) is 0 Å². The number of amides is 2. The van der Waals surface area contributed by atoms with Gasteiger partial charge in [-0.3, -0.25) is 9.59 Å². The highest BCUT2D eigenvalue weighted by atomic mass is 16.7. The van der Waals surface area contributed by atoms with Crippen molar-refractivity contribution in [1.82, 2.24) is 14.4 Å². The van der Waals surface area contributed by atoms with E-state index >= 15 is 0 Å².